The first-order chi connectivity index (χ1) is 8.39. The van der Waals surface area contributed by atoms with Crippen LogP contribution in [0.4, 0.5) is 5.13 Å². The van der Waals surface area contributed by atoms with Crippen LogP contribution in [0.2, 0.25) is 0 Å². The van der Waals surface area contributed by atoms with Crippen LogP contribution in [0.25, 0.3) is 0 Å². The third-order valence-corrected chi connectivity index (χ3v) is 5.33. The van der Waals surface area contributed by atoms with Gasteiger partial charge in [0.1, 0.15) is 0 Å². The summed E-state index contributed by atoms with van der Waals surface area (Å²) in [7, 11) is -3.55. The van der Waals surface area contributed by atoms with E-state index >= 15 is 0 Å². The van der Waals surface area contributed by atoms with Crippen LogP contribution in [0, 0.1) is 5.92 Å². The van der Waals surface area contributed by atoms with Crippen LogP contribution in [0.15, 0.2) is 4.34 Å². The Morgan fingerprint density at radius 1 is 1.56 bits per heavy atom. The molecule has 1 aliphatic heterocycles. The van der Waals surface area contributed by atoms with Crippen molar-refractivity contribution >= 4 is 44.2 Å². The average molecular weight is 308 g/mol. The van der Waals surface area contributed by atoms with E-state index in [0.717, 1.165) is 4.34 Å². The summed E-state index contributed by atoms with van der Waals surface area (Å²) in [5.41, 5.74) is 0. The maximum atomic E-state index is 11.8. The van der Waals surface area contributed by atoms with Gasteiger partial charge >= 0.3 is 0 Å². The molecule has 1 amide bonds. The number of primary sulfonamides is 1. The standard InChI is InChI=1S/C8H12N4O3S3/c1-16-8-11-10-7(17-8)12-3-5(2-6(12)13)4-18(9,14)15/h5H,2-4H2,1H3,(H2,9,14,15). The first-order valence-electron chi connectivity index (χ1n) is 5.07. The number of sulfonamides is 1. The summed E-state index contributed by atoms with van der Waals surface area (Å²) in [5.74, 6) is -0.578. The van der Waals surface area contributed by atoms with E-state index < -0.39 is 10.0 Å². The molecule has 0 saturated carbocycles. The highest BCUT2D eigenvalue weighted by Crippen LogP contribution is 2.31. The third-order valence-electron chi connectivity index (χ3n) is 2.47. The summed E-state index contributed by atoms with van der Waals surface area (Å²) < 4.78 is 22.8. The van der Waals surface area contributed by atoms with Crippen LogP contribution in [0.3, 0.4) is 0 Å². The topological polar surface area (TPSA) is 106 Å². The van der Waals surface area contributed by atoms with Gasteiger partial charge in [-0.15, -0.1) is 10.2 Å². The molecule has 2 heterocycles. The first-order valence-corrected chi connectivity index (χ1v) is 8.83. The van der Waals surface area contributed by atoms with Gasteiger partial charge in [-0.05, 0) is 6.26 Å². The van der Waals surface area contributed by atoms with Gasteiger partial charge in [0.2, 0.25) is 21.1 Å². The van der Waals surface area contributed by atoms with Crippen LogP contribution in [-0.2, 0) is 14.8 Å². The molecule has 1 aliphatic rings. The minimum absolute atomic E-state index is 0.132. The lowest BCUT2D eigenvalue weighted by Gasteiger charge is -2.11. The number of thioether (sulfide) groups is 1. The fourth-order valence-electron chi connectivity index (χ4n) is 1.80. The molecule has 0 spiro atoms. The van der Waals surface area contributed by atoms with Gasteiger partial charge in [0.25, 0.3) is 0 Å². The van der Waals surface area contributed by atoms with E-state index in [1.165, 1.54) is 28.0 Å². The molecule has 1 fully saturated rings. The third kappa shape index (κ3) is 3.19. The van der Waals surface area contributed by atoms with E-state index in [1.807, 2.05) is 6.26 Å². The van der Waals surface area contributed by atoms with E-state index in [2.05, 4.69) is 10.2 Å². The normalized spacial score (nSPS) is 20.7. The lowest BCUT2D eigenvalue weighted by molar-refractivity contribution is -0.117. The minimum atomic E-state index is -3.55. The predicted octanol–water partition coefficient (Wildman–Crippen LogP) is -0.0986. The Bertz CT molecular complexity index is 556. The molecule has 0 aromatic carbocycles. The highest BCUT2D eigenvalue weighted by molar-refractivity contribution is 8.00. The second-order valence-electron chi connectivity index (χ2n) is 3.96. The van der Waals surface area contributed by atoms with Gasteiger partial charge in [-0.1, -0.05) is 23.1 Å². The smallest absolute Gasteiger partial charge is 0.229 e. The second kappa shape index (κ2) is 5.11. The lowest BCUT2D eigenvalue weighted by Crippen LogP contribution is -2.27. The summed E-state index contributed by atoms with van der Waals surface area (Å²) in [5, 5.41) is 13.3. The zero-order valence-electron chi connectivity index (χ0n) is 9.57. The van der Waals surface area contributed by atoms with Gasteiger partial charge in [0, 0.05) is 18.9 Å². The molecule has 0 aliphatic carbocycles. The second-order valence-corrected chi connectivity index (χ2v) is 7.63. The molecule has 18 heavy (non-hydrogen) atoms. The zero-order valence-corrected chi connectivity index (χ0v) is 12.0. The van der Waals surface area contributed by atoms with Gasteiger partial charge in [0.05, 0.1) is 5.75 Å². The summed E-state index contributed by atoms with van der Waals surface area (Å²) in [6.07, 6.45) is 2.06. The van der Waals surface area contributed by atoms with E-state index in [-0.39, 0.29) is 24.0 Å². The Labute approximate surface area is 113 Å². The summed E-state index contributed by atoms with van der Waals surface area (Å²) in [6.45, 7) is 0.332. The Hall–Kier alpha value is -0.710. The van der Waals surface area contributed by atoms with Gasteiger partial charge in [-0.3, -0.25) is 9.69 Å². The Morgan fingerprint density at radius 2 is 2.28 bits per heavy atom. The largest absolute Gasteiger partial charge is 0.286 e. The predicted molar refractivity (Wildman–Crippen MR) is 70.1 cm³/mol. The van der Waals surface area contributed by atoms with Crippen molar-refractivity contribution in [2.24, 2.45) is 11.1 Å². The summed E-state index contributed by atoms with van der Waals surface area (Å²) >= 11 is 2.77. The molecular weight excluding hydrogens is 296 g/mol. The van der Waals surface area contributed by atoms with Gasteiger partial charge < -0.3 is 0 Å². The summed E-state index contributed by atoms with van der Waals surface area (Å²) in [4.78, 5) is 13.3. The van der Waals surface area contributed by atoms with Crippen molar-refractivity contribution in [3.8, 4) is 0 Å². The number of amides is 1. The van der Waals surface area contributed by atoms with Gasteiger partial charge in [-0.2, -0.15) is 0 Å². The molecular formula is C8H12N4O3S3. The van der Waals surface area contributed by atoms with Crippen molar-refractivity contribution in [1.29, 1.82) is 0 Å². The van der Waals surface area contributed by atoms with Gasteiger partial charge in [-0.25, -0.2) is 13.6 Å². The van der Waals surface area contributed by atoms with E-state index in [4.69, 9.17) is 5.14 Å². The molecule has 1 saturated heterocycles. The minimum Gasteiger partial charge on any atom is -0.286 e. The lowest BCUT2D eigenvalue weighted by atomic mass is 10.1. The fraction of sp³-hybridized carbons (Fsp3) is 0.625. The number of hydrogen-bond acceptors (Lipinski definition) is 7. The van der Waals surface area contributed by atoms with Crippen molar-refractivity contribution in [1.82, 2.24) is 10.2 Å². The molecule has 2 rings (SSSR count). The van der Waals surface area contributed by atoms with Crippen molar-refractivity contribution < 1.29 is 13.2 Å². The number of anilines is 1. The molecule has 0 radical (unpaired) electrons. The van der Waals surface area contributed by atoms with Crippen molar-refractivity contribution in [2.45, 2.75) is 10.8 Å². The van der Waals surface area contributed by atoms with Crippen LogP contribution in [-0.4, -0.2) is 43.1 Å². The molecule has 1 unspecified atom stereocenters. The molecule has 1 aromatic heterocycles. The monoisotopic (exact) mass is 308 g/mol. The molecule has 100 valence electrons. The SMILES string of the molecule is CSc1nnc(N2CC(CS(N)(=O)=O)CC2=O)s1. The number of hydrogen-bond donors (Lipinski definition) is 1. The number of carbonyl (C=O) groups is 1. The fourth-order valence-corrected chi connectivity index (χ4v) is 3.97. The highest BCUT2D eigenvalue weighted by atomic mass is 32.2. The van der Waals surface area contributed by atoms with Crippen LogP contribution in [0.5, 0.6) is 0 Å². The number of rotatable bonds is 4. The first kappa shape index (κ1) is 13.7. The summed E-state index contributed by atoms with van der Waals surface area (Å²) in [6, 6.07) is 0. The number of nitrogens with zero attached hydrogens (tertiary/aromatic N) is 3. The average Bonchev–Trinajstić information content (AvgIpc) is 2.82. The van der Waals surface area contributed by atoms with Crippen LogP contribution >= 0.6 is 23.1 Å². The zero-order chi connectivity index (χ0) is 13.3. The van der Waals surface area contributed by atoms with E-state index in [9.17, 15) is 13.2 Å². The van der Waals surface area contributed by atoms with Crippen LogP contribution < -0.4 is 10.0 Å². The van der Waals surface area contributed by atoms with E-state index in [1.54, 1.807) is 0 Å². The van der Waals surface area contributed by atoms with Crippen molar-refractivity contribution in [3.05, 3.63) is 0 Å². The van der Waals surface area contributed by atoms with Crippen LogP contribution in [0.1, 0.15) is 6.42 Å². The molecule has 10 heteroatoms. The Kier molecular flexibility index (Phi) is 3.90. The maximum absolute atomic E-state index is 11.8. The quantitative estimate of drug-likeness (QED) is 0.615. The highest BCUT2D eigenvalue weighted by Gasteiger charge is 2.34. The number of aromatic nitrogens is 2. The van der Waals surface area contributed by atoms with E-state index in [0.29, 0.717) is 11.7 Å². The van der Waals surface area contributed by atoms with Gasteiger partial charge in [0.15, 0.2) is 4.34 Å². The molecule has 7 nitrogen and oxygen atoms in total. The van der Waals surface area contributed by atoms with Crippen molar-refractivity contribution in [2.75, 3.05) is 23.5 Å². The van der Waals surface area contributed by atoms with Crippen molar-refractivity contribution in [3.63, 3.8) is 0 Å². The Morgan fingerprint density at radius 3 is 2.83 bits per heavy atom. The number of nitrogens with two attached hydrogens (primary N) is 1. The maximum Gasteiger partial charge on any atom is 0.229 e. The number of carbonyl (C=O) groups excluding carboxylic acids is 1. The molecule has 1 atom stereocenters. The Balaban J connectivity index is 2.09. The molecule has 2 N–H and O–H groups in total. The molecule has 0 bridgehead atoms. The molecule has 1 aromatic rings.